The molecule has 0 aliphatic carbocycles. The van der Waals surface area contributed by atoms with Gasteiger partial charge >= 0.3 is 0 Å². The van der Waals surface area contributed by atoms with Crippen molar-refractivity contribution >= 4 is 22.4 Å². The van der Waals surface area contributed by atoms with Crippen molar-refractivity contribution in [1.29, 1.82) is 0 Å². The minimum Gasteiger partial charge on any atom is -0.497 e. The van der Waals surface area contributed by atoms with E-state index in [2.05, 4.69) is 10.2 Å². The van der Waals surface area contributed by atoms with E-state index in [1.807, 2.05) is 31.2 Å². The van der Waals surface area contributed by atoms with E-state index in [9.17, 15) is 9.18 Å². The van der Waals surface area contributed by atoms with E-state index in [1.165, 1.54) is 28.4 Å². The molecule has 1 amide bonds. The SMILES string of the molecule is CCN(C(=O)c1ccccc1F)c1nnc(-c2ccc(OC)cc2)s1. The van der Waals surface area contributed by atoms with Crippen LogP contribution >= 0.6 is 11.3 Å². The van der Waals surface area contributed by atoms with E-state index in [-0.39, 0.29) is 5.56 Å². The monoisotopic (exact) mass is 357 g/mol. The van der Waals surface area contributed by atoms with Crippen molar-refractivity contribution in [2.45, 2.75) is 6.92 Å². The van der Waals surface area contributed by atoms with Gasteiger partial charge in [-0.25, -0.2) is 4.39 Å². The number of amides is 1. The third-order valence-electron chi connectivity index (χ3n) is 3.65. The van der Waals surface area contributed by atoms with Gasteiger partial charge in [-0.1, -0.05) is 23.5 Å². The van der Waals surface area contributed by atoms with Gasteiger partial charge in [0.2, 0.25) is 5.13 Å². The Labute approximate surface area is 148 Å². The molecule has 7 heteroatoms. The van der Waals surface area contributed by atoms with Crippen LogP contribution in [0, 0.1) is 5.82 Å². The number of benzene rings is 2. The summed E-state index contributed by atoms with van der Waals surface area (Å²) in [6.45, 7) is 2.18. The average Bonchev–Trinajstić information content (AvgIpc) is 3.12. The summed E-state index contributed by atoms with van der Waals surface area (Å²) in [6.07, 6.45) is 0. The van der Waals surface area contributed by atoms with E-state index in [0.717, 1.165) is 11.3 Å². The summed E-state index contributed by atoms with van der Waals surface area (Å²) in [4.78, 5) is 14.1. The van der Waals surface area contributed by atoms with Gasteiger partial charge in [0.1, 0.15) is 16.6 Å². The number of hydrogen-bond acceptors (Lipinski definition) is 5. The Bertz CT molecular complexity index is 880. The summed E-state index contributed by atoms with van der Waals surface area (Å²) in [6, 6.07) is 13.3. The maximum atomic E-state index is 13.9. The standard InChI is InChI=1S/C18H16FN3O2S/c1-3-22(17(23)14-6-4-5-7-15(14)19)18-21-20-16(25-18)12-8-10-13(24-2)11-9-12/h4-11H,3H2,1-2H3. The van der Waals surface area contributed by atoms with Gasteiger partial charge in [0.25, 0.3) is 5.91 Å². The van der Waals surface area contributed by atoms with Crippen molar-refractivity contribution in [2.24, 2.45) is 0 Å². The zero-order chi connectivity index (χ0) is 17.8. The first-order chi connectivity index (χ1) is 12.1. The van der Waals surface area contributed by atoms with Gasteiger partial charge in [-0.05, 0) is 43.3 Å². The molecular weight excluding hydrogens is 341 g/mol. The van der Waals surface area contributed by atoms with Crippen molar-refractivity contribution in [3.05, 3.63) is 59.9 Å². The normalized spacial score (nSPS) is 10.5. The van der Waals surface area contributed by atoms with Crippen molar-refractivity contribution in [3.8, 4) is 16.3 Å². The second-order valence-electron chi connectivity index (χ2n) is 5.15. The lowest BCUT2D eigenvalue weighted by atomic mass is 10.2. The number of carbonyl (C=O) groups is 1. The van der Waals surface area contributed by atoms with Gasteiger partial charge in [0, 0.05) is 12.1 Å². The van der Waals surface area contributed by atoms with Gasteiger partial charge in [-0.3, -0.25) is 9.69 Å². The van der Waals surface area contributed by atoms with Crippen LogP contribution in [0.5, 0.6) is 5.75 Å². The lowest BCUT2D eigenvalue weighted by Gasteiger charge is -2.17. The first kappa shape index (κ1) is 17.0. The van der Waals surface area contributed by atoms with Crippen LogP contribution in [-0.4, -0.2) is 29.8 Å². The van der Waals surface area contributed by atoms with Crippen LogP contribution in [0.4, 0.5) is 9.52 Å². The molecule has 3 aromatic rings. The molecule has 5 nitrogen and oxygen atoms in total. The molecule has 2 aromatic carbocycles. The summed E-state index contributed by atoms with van der Waals surface area (Å²) in [5.74, 6) is -0.234. The minimum atomic E-state index is -0.550. The molecule has 1 aromatic heterocycles. The van der Waals surface area contributed by atoms with Crippen molar-refractivity contribution in [2.75, 3.05) is 18.6 Å². The molecule has 0 fully saturated rings. The molecule has 0 spiro atoms. The molecule has 0 saturated heterocycles. The number of nitrogens with zero attached hydrogens (tertiary/aromatic N) is 3. The van der Waals surface area contributed by atoms with E-state index in [4.69, 9.17) is 4.74 Å². The van der Waals surface area contributed by atoms with Gasteiger partial charge in [0.05, 0.1) is 12.7 Å². The highest BCUT2D eigenvalue weighted by Crippen LogP contribution is 2.30. The summed E-state index contributed by atoms with van der Waals surface area (Å²) >= 11 is 1.28. The van der Waals surface area contributed by atoms with Gasteiger partial charge in [-0.15, -0.1) is 10.2 Å². The van der Waals surface area contributed by atoms with E-state index < -0.39 is 11.7 Å². The Balaban J connectivity index is 1.88. The maximum absolute atomic E-state index is 13.9. The topological polar surface area (TPSA) is 55.3 Å². The molecule has 0 atom stereocenters. The van der Waals surface area contributed by atoms with Crippen molar-refractivity contribution < 1.29 is 13.9 Å². The molecule has 0 unspecified atom stereocenters. The number of ether oxygens (including phenoxy) is 1. The maximum Gasteiger partial charge on any atom is 0.263 e. The predicted octanol–water partition coefficient (Wildman–Crippen LogP) is 4.02. The molecule has 0 bridgehead atoms. The lowest BCUT2D eigenvalue weighted by Crippen LogP contribution is -2.31. The highest BCUT2D eigenvalue weighted by atomic mass is 32.1. The number of carbonyl (C=O) groups excluding carboxylic acids is 1. The highest BCUT2D eigenvalue weighted by molar-refractivity contribution is 7.18. The quantitative estimate of drug-likeness (QED) is 0.692. The van der Waals surface area contributed by atoms with Crippen LogP contribution in [0.25, 0.3) is 10.6 Å². The third kappa shape index (κ3) is 3.51. The van der Waals surface area contributed by atoms with Crippen LogP contribution in [-0.2, 0) is 0 Å². The second-order valence-corrected chi connectivity index (χ2v) is 6.10. The van der Waals surface area contributed by atoms with E-state index in [0.29, 0.717) is 16.7 Å². The van der Waals surface area contributed by atoms with Gasteiger partial charge in [0.15, 0.2) is 0 Å². The first-order valence-corrected chi connectivity index (χ1v) is 8.50. The number of halogens is 1. The number of methoxy groups -OCH3 is 1. The Hall–Kier alpha value is -2.80. The molecular formula is C18H16FN3O2S. The van der Waals surface area contributed by atoms with Crippen LogP contribution in [0.15, 0.2) is 48.5 Å². The number of rotatable bonds is 5. The molecule has 0 aliphatic rings. The van der Waals surface area contributed by atoms with E-state index in [1.54, 1.807) is 19.2 Å². The Morgan fingerprint density at radius 1 is 1.16 bits per heavy atom. The second kappa shape index (κ2) is 7.40. The molecule has 0 radical (unpaired) electrons. The molecule has 25 heavy (non-hydrogen) atoms. The fraction of sp³-hybridized carbons (Fsp3) is 0.167. The summed E-state index contributed by atoms with van der Waals surface area (Å²) in [5.41, 5.74) is 0.893. The Kier molecular flexibility index (Phi) is 5.04. The smallest absolute Gasteiger partial charge is 0.263 e. The van der Waals surface area contributed by atoms with Crippen molar-refractivity contribution in [3.63, 3.8) is 0 Å². The van der Waals surface area contributed by atoms with Crippen LogP contribution in [0.2, 0.25) is 0 Å². The molecule has 3 rings (SSSR count). The zero-order valence-electron chi connectivity index (χ0n) is 13.8. The molecule has 0 N–H and O–H groups in total. The van der Waals surface area contributed by atoms with Crippen LogP contribution < -0.4 is 9.64 Å². The van der Waals surface area contributed by atoms with Gasteiger partial charge < -0.3 is 4.74 Å². The third-order valence-corrected chi connectivity index (χ3v) is 4.64. The largest absolute Gasteiger partial charge is 0.497 e. The Morgan fingerprint density at radius 2 is 1.88 bits per heavy atom. The Morgan fingerprint density at radius 3 is 2.52 bits per heavy atom. The summed E-state index contributed by atoms with van der Waals surface area (Å²) < 4.78 is 19.0. The van der Waals surface area contributed by atoms with E-state index >= 15 is 0 Å². The zero-order valence-corrected chi connectivity index (χ0v) is 14.6. The van der Waals surface area contributed by atoms with Crippen molar-refractivity contribution in [1.82, 2.24) is 10.2 Å². The predicted molar refractivity (Wildman–Crippen MR) is 95.6 cm³/mol. The minimum absolute atomic E-state index is 0.0190. The van der Waals surface area contributed by atoms with Crippen LogP contribution in [0.1, 0.15) is 17.3 Å². The van der Waals surface area contributed by atoms with Crippen LogP contribution in [0.3, 0.4) is 0 Å². The summed E-state index contributed by atoms with van der Waals surface area (Å²) in [7, 11) is 1.60. The highest BCUT2D eigenvalue weighted by Gasteiger charge is 2.22. The molecule has 0 saturated carbocycles. The average molecular weight is 357 g/mol. The number of aromatic nitrogens is 2. The lowest BCUT2D eigenvalue weighted by molar-refractivity contribution is 0.0984. The molecule has 0 aliphatic heterocycles. The number of hydrogen-bond donors (Lipinski definition) is 0. The van der Waals surface area contributed by atoms with Gasteiger partial charge in [-0.2, -0.15) is 0 Å². The molecule has 128 valence electrons. The first-order valence-electron chi connectivity index (χ1n) is 7.68. The number of anilines is 1. The fourth-order valence-corrected chi connectivity index (χ4v) is 3.23. The summed E-state index contributed by atoms with van der Waals surface area (Å²) in [5, 5.41) is 9.36. The fourth-order valence-electron chi connectivity index (χ4n) is 2.32. The molecule has 1 heterocycles.